The third kappa shape index (κ3) is 5.80. The Bertz CT molecular complexity index is 513. The van der Waals surface area contributed by atoms with Crippen LogP contribution in [0.2, 0.25) is 0 Å². The Morgan fingerprint density at radius 3 is 2.29 bits per heavy atom. The lowest BCUT2D eigenvalue weighted by atomic mass is 10.1. The van der Waals surface area contributed by atoms with Crippen molar-refractivity contribution in [2.24, 2.45) is 0 Å². The molecule has 0 aromatic heterocycles. The van der Waals surface area contributed by atoms with Crippen LogP contribution in [0.1, 0.15) is 26.2 Å². The Kier molecular flexibility index (Phi) is 6.61. The fourth-order valence-electron chi connectivity index (χ4n) is 2.15. The van der Waals surface area contributed by atoms with E-state index < -0.39 is 0 Å². The van der Waals surface area contributed by atoms with Gasteiger partial charge in [-0.1, -0.05) is 40.5 Å². The first kappa shape index (κ1) is 15.9. The molecule has 0 radical (unpaired) electrons. The van der Waals surface area contributed by atoms with Gasteiger partial charge in [0.2, 0.25) is 0 Å². The summed E-state index contributed by atoms with van der Waals surface area (Å²) in [6, 6.07) is 18.5. The minimum absolute atomic E-state index is 0.491. The monoisotopic (exact) mass is 347 g/mol. The Morgan fingerprint density at radius 2 is 1.62 bits per heavy atom. The van der Waals surface area contributed by atoms with Crippen LogP contribution in [0.3, 0.4) is 0 Å². The highest BCUT2D eigenvalue weighted by Crippen LogP contribution is 2.23. The number of hydrogen-bond donors (Lipinski definition) is 1. The van der Waals surface area contributed by atoms with E-state index in [2.05, 4.69) is 40.3 Å². The number of halogens is 1. The lowest BCUT2D eigenvalue weighted by Gasteiger charge is -2.15. The molecule has 0 bridgehead atoms. The van der Waals surface area contributed by atoms with E-state index in [0.717, 1.165) is 22.5 Å². The smallest absolute Gasteiger partial charge is 0.127 e. The summed E-state index contributed by atoms with van der Waals surface area (Å²) in [6.07, 6.45) is 3.67. The highest BCUT2D eigenvalue weighted by Gasteiger charge is 2.02. The molecule has 21 heavy (non-hydrogen) atoms. The number of hydrogen-bond acceptors (Lipinski definition) is 2. The van der Waals surface area contributed by atoms with Gasteiger partial charge in [-0.25, -0.2) is 0 Å². The highest BCUT2D eigenvalue weighted by molar-refractivity contribution is 9.09. The molecule has 0 saturated carbocycles. The molecule has 0 heterocycles. The molecular formula is C18H22BrNO. The van der Waals surface area contributed by atoms with E-state index in [-0.39, 0.29) is 0 Å². The molecule has 2 aromatic carbocycles. The summed E-state index contributed by atoms with van der Waals surface area (Å²) in [6.45, 7) is 2.22. The molecule has 2 nitrogen and oxygen atoms in total. The zero-order valence-electron chi connectivity index (χ0n) is 12.4. The van der Waals surface area contributed by atoms with Crippen LogP contribution < -0.4 is 10.1 Å². The van der Waals surface area contributed by atoms with Crippen LogP contribution in [0, 0.1) is 0 Å². The van der Waals surface area contributed by atoms with Gasteiger partial charge in [-0.3, -0.25) is 0 Å². The zero-order chi connectivity index (χ0) is 14.9. The van der Waals surface area contributed by atoms with Crippen molar-refractivity contribution in [3.05, 3.63) is 54.6 Å². The molecule has 0 fully saturated rings. The van der Waals surface area contributed by atoms with Crippen LogP contribution in [0.5, 0.6) is 11.5 Å². The van der Waals surface area contributed by atoms with E-state index in [4.69, 9.17) is 4.74 Å². The summed E-state index contributed by atoms with van der Waals surface area (Å²) in [5, 5.41) is 4.61. The molecule has 2 aromatic rings. The lowest BCUT2D eigenvalue weighted by molar-refractivity contribution is 0.483. The van der Waals surface area contributed by atoms with Gasteiger partial charge >= 0.3 is 0 Å². The van der Waals surface area contributed by atoms with Crippen LogP contribution >= 0.6 is 15.9 Å². The average molecular weight is 348 g/mol. The van der Waals surface area contributed by atoms with Crippen molar-refractivity contribution < 1.29 is 4.74 Å². The van der Waals surface area contributed by atoms with E-state index in [1.54, 1.807) is 0 Å². The number of nitrogens with one attached hydrogen (secondary N) is 1. The van der Waals surface area contributed by atoms with Gasteiger partial charge in [-0.05, 0) is 56.2 Å². The van der Waals surface area contributed by atoms with E-state index in [0.29, 0.717) is 6.04 Å². The quantitative estimate of drug-likeness (QED) is 0.478. The van der Waals surface area contributed by atoms with Crippen LogP contribution in [-0.2, 0) is 0 Å². The SMILES string of the molecule is CC(CCCCBr)Nc1ccc(Oc2ccccc2)cc1. The van der Waals surface area contributed by atoms with Gasteiger partial charge in [0.05, 0.1) is 0 Å². The number of rotatable bonds is 8. The summed E-state index contributed by atoms with van der Waals surface area (Å²) < 4.78 is 5.78. The standard InChI is InChI=1S/C18H22BrNO/c1-15(7-5-6-14-19)20-16-10-12-18(13-11-16)21-17-8-3-2-4-9-17/h2-4,8-13,15,20H,5-7,14H2,1H3. The van der Waals surface area contributed by atoms with Crippen LogP contribution in [0.25, 0.3) is 0 Å². The van der Waals surface area contributed by atoms with Crippen molar-refractivity contribution in [2.75, 3.05) is 10.6 Å². The number of alkyl halides is 1. The molecule has 1 unspecified atom stereocenters. The largest absolute Gasteiger partial charge is 0.457 e. The van der Waals surface area contributed by atoms with Gasteiger partial charge in [0.1, 0.15) is 11.5 Å². The van der Waals surface area contributed by atoms with Crippen LogP contribution in [0.4, 0.5) is 5.69 Å². The molecule has 0 spiro atoms. The summed E-state index contributed by atoms with van der Waals surface area (Å²) in [4.78, 5) is 0. The second-order valence-electron chi connectivity index (χ2n) is 5.17. The first-order valence-corrected chi connectivity index (χ1v) is 8.55. The highest BCUT2D eigenvalue weighted by atomic mass is 79.9. The topological polar surface area (TPSA) is 21.3 Å². The van der Waals surface area contributed by atoms with E-state index in [1.165, 1.54) is 19.3 Å². The number of anilines is 1. The van der Waals surface area contributed by atoms with Gasteiger partial charge < -0.3 is 10.1 Å². The molecule has 2 rings (SSSR count). The van der Waals surface area contributed by atoms with E-state index >= 15 is 0 Å². The van der Waals surface area contributed by atoms with Crippen molar-refractivity contribution in [1.29, 1.82) is 0 Å². The van der Waals surface area contributed by atoms with Gasteiger partial charge in [0.15, 0.2) is 0 Å². The minimum atomic E-state index is 0.491. The van der Waals surface area contributed by atoms with Gasteiger partial charge in [-0.15, -0.1) is 0 Å². The van der Waals surface area contributed by atoms with Crippen molar-refractivity contribution in [3.63, 3.8) is 0 Å². The molecule has 1 atom stereocenters. The molecule has 0 amide bonds. The molecule has 0 saturated heterocycles. The maximum atomic E-state index is 5.78. The normalized spacial score (nSPS) is 11.9. The zero-order valence-corrected chi connectivity index (χ0v) is 14.0. The third-order valence-corrected chi connectivity index (χ3v) is 3.83. The molecular weight excluding hydrogens is 326 g/mol. The molecule has 0 aliphatic heterocycles. The predicted molar refractivity (Wildman–Crippen MR) is 93.7 cm³/mol. The molecule has 112 valence electrons. The Morgan fingerprint density at radius 1 is 0.952 bits per heavy atom. The second-order valence-corrected chi connectivity index (χ2v) is 5.96. The number of benzene rings is 2. The fraction of sp³-hybridized carbons (Fsp3) is 0.333. The maximum absolute atomic E-state index is 5.78. The summed E-state index contributed by atoms with van der Waals surface area (Å²) in [7, 11) is 0. The van der Waals surface area contributed by atoms with E-state index in [1.807, 2.05) is 42.5 Å². The summed E-state index contributed by atoms with van der Waals surface area (Å²) in [5.74, 6) is 1.72. The van der Waals surface area contributed by atoms with Crippen LogP contribution in [0.15, 0.2) is 54.6 Å². The number of para-hydroxylation sites is 1. The number of unbranched alkanes of at least 4 members (excludes halogenated alkanes) is 1. The summed E-state index contributed by atoms with van der Waals surface area (Å²) >= 11 is 3.47. The third-order valence-electron chi connectivity index (χ3n) is 3.27. The van der Waals surface area contributed by atoms with Gasteiger partial charge in [0, 0.05) is 17.1 Å². The lowest BCUT2D eigenvalue weighted by Crippen LogP contribution is -2.14. The first-order chi connectivity index (χ1) is 10.3. The number of ether oxygens (including phenoxy) is 1. The minimum Gasteiger partial charge on any atom is -0.457 e. The molecule has 0 aliphatic rings. The van der Waals surface area contributed by atoms with Gasteiger partial charge in [-0.2, -0.15) is 0 Å². The second kappa shape index (κ2) is 8.73. The Balaban J connectivity index is 1.84. The molecule has 1 N–H and O–H groups in total. The van der Waals surface area contributed by atoms with Crippen molar-refractivity contribution >= 4 is 21.6 Å². The average Bonchev–Trinajstić information content (AvgIpc) is 2.51. The van der Waals surface area contributed by atoms with E-state index in [9.17, 15) is 0 Å². The first-order valence-electron chi connectivity index (χ1n) is 7.43. The predicted octanol–water partition coefficient (Wildman–Crippen LogP) is 5.84. The fourth-order valence-corrected chi connectivity index (χ4v) is 2.54. The maximum Gasteiger partial charge on any atom is 0.127 e. The molecule has 0 aliphatic carbocycles. The van der Waals surface area contributed by atoms with Crippen molar-refractivity contribution in [3.8, 4) is 11.5 Å². The summed E-state index contributed by atoms with van der Waals surface area (Å²) in [5.41, 5.74) is 1.14. The Labute approximate surface area is 135 Å². The van der Waals surface area contributed by atoms with Gasteiger partial charge in [0.25, 0.3) is 0 Å². The molecule has 3 heteroatoms. The van der Waals surface area contributed by atoms with Crippen molar-refractivity contribution in [1.82, 2.24) is 0 Å². The van der Waals surface area contributed by atoms with Crippen LogP contribution in [-0.4, -0.2) is 11.4 Å². The Hall–Kier alpha value is -1.48. The van der Waals surface area contributed by atoms with Crippen molar-refractivity contribution in [2.45, 2.75) is 32.2 Å².